The molecule has 4 nitrogen and oxygen atoms in total. The van der Waals surface area contributed by atoms with Gasteiger partial charge in [0.25, 0.3) is 0 Å². The molecule has 1 N–H and O–H groups in total. The van der Waals surface area contributed by atoms with Crippen LogP contribution in [0.15, 0.2) is 29.8 Å². The molecule has 1 aliphatic carbocycles. The molecular weight excluding hydrogens is 372 g/mol. The van der Waals surface area contributed by atoms with Crippen LogP contribution in [0.5, 0.6) is 5.75 Å². The van der Waals surface area contributed by atoms with Gasteiger partial charge in [-0.3, -0.25) is 4.79 Å². The lowest BCUT2D eigenvalue weighted by Crippen LogP contribution is -2.38. The van der Waals surface area contributed by atoms with E-state index in [-0.39, 0.29) is 5.91 Å². The van der Waals surface area contributed by atoms with Gasteiger partial charge < -0.3 is 15.0 Å². The van der Waals surface area contributed by atoms with Crippen LogP contribution in [0.4, 0.5) is 0 Å². The molecule has 3 aliphatic rings. The fraction of sp³-hybridized carbons (Fsp3) is 0.654. The molecule has 2 heterocycles. The molecule has 1 aromatic rings. The molecule has 0 spiro atoms. The Morgan fingerprint density at radius 2 is 1.90 bits per heavy atom. The SMILES string of the molecule is CC(C)=CC(=O)NC1CCC(CCN2CCC(c3cccc4c3CCO4)CC2)CC1. The number of carbonyl (C=O) groups excluding carboxylic acids is 1. The van der Waals surface area contributed by atoms with Crippen molar-refractivity contribution in [1.82, 2.24) is 10.2 Å². The maximum atomic E-state index is 11.9. The second-order valence-corrected chi connectivity index (χ2v) is 9.77. The standard InChI is InChI=1S/C26H38N2O2/c1-19(2)18-26(29)27-22-8-6-20(7-9-22)10-14-28-15-11-21(12-16-28)23-4-3-5-25-24(23)13-17-30-25/h3-5,18,20-22H,6-17H2,1-2H3,(H,27,29). The fourth-order valence-corrected chi connectivity index (χ4v) is 5.56. The molecule has 1 aromatic carbocycles. The molecule has 30 heavy (non-hydrogen) atoms. The fourth-order valence-electron chi connectivity index (χ4n) is 5.56. The van der Waals surface area contributed by atoms with Crippen LogP contribution in [0.3, 0.4) is 0 Å². The summed E-state index contributed by atoms with van der Waals surface area (Å²) in [6.45, 7) is 8.49. The van der Waals surface area contributed by atoms with Crippen molar-refractivity contribution in [2.24, 2.45) is 5.92 Å². The van der Waals surface area contributed by atoms with Crippen molar-refractivity contribution in [2.45, 2.75) is 77.2 Å². The highest BCUT2D eigenvalue weighted by Gasteiger charge is 2.27. The third-order valence-corrected chi connectivity index (χ3v) is 7.27. The number of hydrogen-bond donors (Lipinski definition) is 1. The predicted molar refractivity (Wildman–Crippen MR) is 122 cm³/mol. The topological polar surface area (TPSA) is 41.6 Å². The van der Waals surface area contributed by atoms with E-state index in [0.29, 0.717) is 12.0 Å². The summed E-state index contributed by atoms with van der Waals surface area (Å²) in [4.78, 5) is 14.6. The van der Waals surface area contributed by atoms with E-state index >= 15 is 0 Å². The lowest BCUT2D eigenvalue weighted by molar-refractivity contribution is -0.117. The second-order valence-electron chi connectivity index (χ2n) is 9.77. The number of nitrogens with zero attached hydrogens (tertiary/aromatic N) is 1. The normalized spacial score (nSPS) is 24.7. The van der Waals surface area contributed by atoms with Crippen molar-refractivity contribution < 1.29 is 9.53 Å². The van der Waals surface area contributed by atoms with Gasteiger partial charge in [-0.2, -0.15) is 0 Å². The van der Waals surface area contributed by atoms with E-state index in [4.69, 9.17) is 4.74 Å². The van der Waals surface area contributed by atoms with Gasteiger partial charge in [-0.25, -0.2) is 0 Å². The van der Waals surface area contributed by atoms with Gasteiger partial charge >= 0.3 is 0 Å². The number of allylic oxidation sites excluding steroid dienone is 1. The van der Waals surface area contributed by atoms with Gasteiger partial charge in [0, 0.05) is 24.1 Å². The minimum atomic E-state index is 0.0805. The smallest absolute Gasteiger partial charge is 0.244 e. The van der Waals surface area contributed by atoms with Crippen LogP contribution in [-0.4, -0.2) is 43.1 Å². The largest absolute Gasteiger partial charge is 0.493 e. The average Bonchev–Trinajstić information content (AvgIpc) is 3.22. The van der Waals surface area contributed by atoms with Gasteiger partial charge in [0.15, 0.2) is 0 Å². The zero-order chi connectivity index (χ0) is 20.9. The molecule has 4 heteroatoms. The minimum Gasteiger partial charge on any atom is -0.493 e. The van der Waals surface area contributed by atoms with Crippen LogP contribution in [-0.2, 0) is 11.2 Å². The first-order valence-electron chi connectivity index (χ1n) is 12.0. The van der Waals surface area contributed by atoms with Crippen LogP contribution in [0, 0.1) is 5.92 Å². The van der Waals surface area contributed by atoms with Gasteiger partial charge in [-0.1, -0.05) is 17.7 Å². The van der Waals surface area contributed by atoms with Crippen molar-refractivity contribution in [3.05, 3.63) is 41.0 Å². The number of piperidine rings is 1. The Morgan fingerprint density at radius 1 is 1.13 bits per heavy atom. The molecule has 2 fully saturated rings. The monoisotopic (exact) mass is 410 g/mol. The Kier molecular flexibility index (Phi) is 7.14. The molecule has 0 radical (unpaired) electrons. The minimum absolute atomic E-state index is 0.0805. The third kappa shape index (κ3) is 5.46. The predicted octanol–water partition coefficient (Wildman–Crippen LogP) is 4.83. The Balaban J connectivity index is 1.16. The summed E-state index contributed by atoms with van der Waals surface area (Å²) in [5.41, 5.74) is 4.09. The number of benzene rings is 1. The quantitative estimate of drug-likeness (QED) is 0.683. The van der Waals surface area contributed by atoms with Crippen molar-refractivity contribution >= 4 is 5.91 Å². The highest BCUT2D eigenvalue weighted by molar-refractivity contribution is 5.88. The Hall–Kier alpha value is -1.81. The molecule has 0 unspecified atom stereocenters. The van der Waals surface area contributed by atoms with Crippen LogP contribution in [0.1, 0.15) is 75.8 Å². The molecule has 2 aliphatic heterocycles. The van der Waals surface area contributed by atoms with Crippen LogP contribution in [0.25, 0.3) is 0 Å². The first kappa shape index (κ1) is 21.4. The highest BCUT2D eigenvalue weighted by atomic mass is 16.5. The van der Waals surface area contributed by atoms with Gasteiger partial charge in [0.2, 0.25) is 5.91 Å². The van der Waals surface area contributed by atoms with Gasteiger partial charge in [0.1, 0.15) is 5.75 Å². The van der Waals surface area contributed by atoms with Crippen LogP contribution in [0.2, 0.25) is 0 Å². The molecule has 0 bridgehead atoms. The van der Waals surface area contributed by atoms with E-state index in [9.17, 15) is 4.79 Å². The number of rotatable bonds is 6. The zero-order valence-corrected chi connectivity index (χ0v) is 18.8. The van der Waals surface area contributed by atoms with E-state index in [1.54, 1.807) is 11.6 Å². The first-order chi connectivity index (χ1) is 14.6. The molecule has 0 aromatic heterocycles. The number of carbonyl (C=O) groups is 1. The van der Waals surface area contributed by atoms with Crippen LogP contribution >= 0.6 is 0 Å². The molecule has 1 amide bonds. The Morgan fingerprint density at radius 3 is 2.63 bits per heavy atom. The number of hydrogen-bond acceptors (Lipinski definition) is 3. The average molecular weight is 411 g/mol. The summed E-state index contributed by atoms with van der Waals surface area (Å²) >= 11 is 0. The lowest BCUT2D eigenvalue weighted by Gasteiger charge is -2.35. The summed E-state index contributed by atoms with van der Waals surface area (Å²) in [6.07, 6.45) is 11.5. The summed E-state index contributed by atoms with van der Waals surface area (Å²) in [5, 5.41) is 3.18. The maximum absolute atomic E-state index is 11.9. The summed E-state index contributed by atoms with van der Waals surface area (Å²) < 4.78 is 5.77. The molecule has 0 atom stereocenters. The first-order valence-corrected chi connectivity index (χ1v) is 12.0. The summed E-state index contributed by atoms with van der Waals surface area (Å²) in [5.74, 6) is 2.74. The lowest BCUT2D eigenvalue weighted by atomic mass is 9.83. The second kappa shape index (κ2) is 10.00. The highest BCUT2D eigenvalue weighted by Crippen LogP contribution is 2.37. The molecular formula is C26H38N2O2. The van der Waals surface area contributed by atoms with E-state index in [1.165, 1.54) is 57.3 Å². The van der Waals surface area contributed by atoms with E-state index < -0.39 is 0 Å². The number of likely N-dealkylation sites (tertiary alicyclic amines) is 1. The van der Waals surface area contributed by atoms with E-state index in [0.717, 1.165) is 43.1 Å². The number of nitrogens with one attached hydrogen (secondary N) is 1. The van der Waals surface area contributed by atoms with E-state index in [1.807, 2.05) is 13.8 Å². The maximum Gasteiger partial charge on any atom is 0.244 e. The van der Waals surface area contributed by atoms with Crippen molar-refractivity contribution in [3.63, 3.8) is 0 Å². The van der Waals surface area contributed by atoms with Gasteiger partial charge in [0.05, 0.1) is 6.61 Å². The van der Waals surface area contributed by atoms with E-state index in [2.05, 4.69) is 28.4 Å². The van der Waals surface area contributed by atoms with Crippen LogP contribution < -0.4 is 10.1 Å². The van der Waals surface area contributed by atoms with Crippen molar-refractivity contribution in [1.29, 1.82) is 0 Å². The summed E-state index contributed by atoms with van der Waals surface area (Å²) in [7, 11) is 0. The number of ether oxygens (including phenoxy) is 1. The number of fused-ring (bicyclic) bond motifs is 1. The van der Waals surface area contributed by atoms with Gasteiger partial charge in [-0.05, 0) is 102 Å². The Labute approximate surface area is 182 Å². The zero-order valence-electron chi connectivity index (χ0n) is 18.8. The third-order valence-electron chi connectivity index (χ3n) is 7.27. The molecule has 164 valence electrons. The van der Waals surface area contributed by atoms with Crippen molar-refractivity contribution in [2.75, 3.05) is 26.2 Å². The molecule has 4 rings (SSSR count). The molecule has 1 saturated heterocycles. The number of amides is 1. The Bertz CT molecular complexity index is 752. The van der Waals surface area contributed by atoms with Crippen molar-refractivity contribution in [3.8, 4) is 5.75 Å². The molecule has 1 saturated carbocycles. The van der Waals surface area contributed by atoms with Gasteiger partial charge in [-0.15, -0.1) is 0 Å². The summed E-state index contributed by atoms with van der Waals surface area (Å²) in [6, 6.07) is 7.01.